The van der Waals surface area contributed by atoms with Crippen molar-refractivity contribution in [2.24, 2.45) is 5.73 Å². The first-order valence-corrected chi connectivity index (χ1v) is 6.79. The highest BCUT2D eigenvalue weighted by Gasteiger charge is 2.08. The molecule has 0 aliphatic carbocycles. The van der Waals surface area contributed by atoms with E-state index in [0.29, 0.717) is 6.42 Å². The molecular formula is C17H19F2N. The molecule has 2 rings (SSSR count). The van der Waals surface area contributed by atoms with Crippen LogP contribution in [0.25, 0.3) is 0 Å². The molecule has 1 atom stereocenters. The van der Waals surface area contributed by atoms with Crippen LogP contribution in [0.4, 0.5) is 8.78 Å². The lowest BCUT2D eigenvalue weighted by Crippen LogP contribution is -2.23. The number of rotatable bonds is 5. The van der Waals surface area contributed by atoms with Crippen LogP contribution in [0.2, 0.25) is 0 Å². The number of nitrogens with two attached hydrogens (primary N) is 1. The number of hydrogen-bond donors (Lipinski definition) is 1. The van der Waals surface area contributed by atoms with Gasteiger partial charge in [0.1, 0.15) is 0 Å². The summed E-state index contributed by atoms with van der Waals surface area (Å²) in [7, 11) is 0. The SMILES string of the molecule is Cc1ccc(CCC(N)Cc2ccc(F)c(F)c2)cc1. The molecule has 2 aromatic rings. The van der Waals surface area contributed by atoms with E-state index in [0.717, 1.165) is 24.5 Å². The average Bonchev–Trinajstić information content (AvgIpc) is 2.42. The Labute approximate surface area is 118 Å². The molecular weight excluding hydrogens is 256 g/mol. The molecule has 2 aromatic carbocycles. The summed E-state index contributed by atoms with van der Waals surface area (Å²) in [5.74, 6) is -1.63. The lowest BCUT2D eigenvalue weighted by atomic mass is 9.99. The van der Waals surface area contributed by atoms with Crippen molar-refractivity contribution in [3.8, 4) is 0 Å². The molecule has 2 N–H and O–H groups in total. The molecule has 0 saturated heterocycles. The Morgan fingerprint density at radius 1 is 0.950 bits per heavy atom. The predicted octanol–water partition coefficient (Wildman–Crippen LogP) is 3.78. The van der Waals surface area contributed by atoms with Gasteiger partial charge in [-0.25, -0.2) is 8.78 Å². The van der Waals surface area contributed by atoms with Crippen LogP contribution in [0.3, 0.4) is 0 Å². The van der Waals surface area contributed by atoms with Crippen molar-refractivity contribution in [3.63, 3.8) is 0 Å². The minimum atomic E-state index is -0.818. The summed E-state index contributed by atoms with van der Waals surface area (Å²) in [6, 6.07) is 12.3. The number of halogens is 2. The zero-order valence-electron chi connectivity index (χ0n) is 11.6. The zero-order chi connectivity index (χ0) is 14.5. The van der Waals surface area contributed by atoms with Gasteiger partial charge in [-0.2, -0.15) is 0 Å². The van der Waals surface area contributed by atoms with Crippen molar-refractivity contribution in [3.05, 3.63) is 70.8 Å². The van der Waals surface area contributed by atoms with E-state index in [1.165, 1.54) is 17.2 Å². The molecule has 106 valence electrons. The van der Waals surface area contributed by atoms with Crippen LogP contribution in [0.15, 0.2) is 42.5 Å². The van der Waals surface area contributed by atoms with Crippen LogP contribution in [-0.4, -0.2) is 6.04 Å². The summed E-state index contributed by atoms with van der Waals surface area (Å²) < 4.78 is 25.9. The maximum Gasteiger partial charge on any atom is 0.159 e. The van der Waals surface area contributed by atoms with Gasteiger partial charge in [-0.3, -0.25) is 0 Å². The second-order valence-electron chi connectivity index (χ2n) is 5.24. The highest BCUT2D eigenvalue weighted by Crippen LogP contribution is 2.13. The molecule has 0 amide bonds. The Bertz CT molecular complexity index is 564. The van der Waals surface area contributed by atoms with Crippen LogP contribution >= 0.6 is 0 Å². The number of aryl methyl sites for hydroxylation is 2. The quantitative estimate of drug-likeness (QED) is 0.883. The molecule has 0 aliphatic heterocycles. The average molecular weight is 275 g/mol. The van der Waals surface area contributed by atoms with Crippen molar-refractivity contribution in [1.82, 2.24) is 0 Å². The third kappa shape index (κ3) is 4.14. The molecule has 0 fully saturated rings. The second kappa shape index (κ2) is 6.62. The highest BCUT2D eigenvalue weighted by atomic mass is 19.2. The smallest absolute Gasteiger partial charge is 0.159 e. The van der Waals surface area contributed by atoms with E-state index in [1.807, 2.05) is 0 Å². The maximum absolute atomic E-state index is 13.1. The number of benzene rings is 2. The maximum atomic E-state index is 13.1. The lowest BCUT2D eigenvalue weighted by molar-refractivity contribution is 0.505. The topological polar surface area (TPSA) is 26.0 Å². The molecule has 1 nitrogen and oxygen atoms in total. The van der Waals surface area contributed by atoms with Crippen molar-refractivity contribution in [2.45, 2.75) is 32.2 Å². The fourth-order valence-electron chi connectivity index (χ4n) is 2.18. The van der Waals surface area contributed by atoms with E-state index in [1.54, 1.807) is 6.07 Å². The Morgan fingerprint density at radius 2 is 1.60 bits per heavy atom. The molecule has 0 heterocycles. The highest BCUT2D eigenvalue weighted by molar-refractivity contribution is 5.22. The molecule has 0 radical (unpaired) electrons. The Morgan fingerprint density at radius 3 is 2.25 bits per heavy atom. The first kappa shape index (κ1) is 14.7. The van der Waals surface area contributed by atoms with Crippen LogP contribution in [-0.2, 0) is 12.8 Å². The van der Waals surface area contributed by atoms with Gasteiger partial charge in [-0.05, 0) is 49.4 Å². The van der Waals surface area contributed by atoms with Gasteiger partial charge in [0.2, 0.25) is 0 Å². The third-order valence-electron chi connectivity index (χ3n) is 3.41. The molecule has 0 saturated carbocycles. The van der Waals surface area contributed by atoms with Gasteiger partial charge in [-0.15, -0.1) is 0 Å². The molecule has 3 heteroatoms. The standard InChI is InChI=1S/C17H19F2N/c1-12-2-4-13(5-3-12)6-8-15(20)10-14-7-9-16(18)17(19)11-14/h2-5,7,9,11,15H,6,8,10,20H2,1H3. The van der Waals surface area contributed by atoms with Crippen LogP contribution in [0, 0.1) is 18.6 Å². The Kier molecular flexibility index (Phi) is 4.85. The molecule has 1 unspecified atom stereocenters. The molecule has 0 aliphatic rings. The fourth-order valence-corrected chi connectivity index (χ4v) is 2.18. The summed E-state index contributed by atoms with van der Waals surface area (Å²) in [6.45, 7) is 2.05. The monoisotopic (exact) mass is 275 g/mol. The van der Waals surface area contributed by atoms with Gasteiger partial charge < -0.3 is 5.73 Å². The largest absolute Gasteiger partial charge is 0.327 e. The lowest BCUT2D eigenvalue weighted by Gasteiger charge is -2.12. The van der Waals surface area contributed by atoms with Crippen LogP contribution in [0.5, 0.6) is 0 Å². The predicted molar refractivity (Wildman–Crippen MR) is 77.5 cm³/mol. The first-order valence-electron chi connectivity index (χ1n) is 6.79. The van der Waals surface area contributed by atoms with Crippen LogP contribution < -0.4 is 5.73 Å². The van der Waals surface area contributed by atoms with E-state index in [4.69, 9.17) is 5.73 Å². The van der Waals surface area contributed by atoms with Gasteiger partial charge in [0.25, 0.3) is 0 Å². The first-order chi connectivity index (χ1) is 9.54. The Balaban J connectivity index is 1.87. The normalized spacial score (nSPS) is 12.4. The van der Waals surface area contributed by atoms with Gasteiger partial charge in [0.05, 0.1) is 0 Å². The summed E-state index contributed by atoms with van der Waals surface area (Å²) >= 11 is 0. The molecule has 20 heavy (non-hydrogen) atoms. The summed E-state index contributed by atoms with van der Waals surface area (Å²) in [5.41, 5.74) is 9.27. The minimum Gasteiger partial charge on any atom is -0.327 e. The minimum absolute atomic E-state index is 0.0545. The second-order valence-corrected chi connectivity index (χ2v) is 5.24. The number of hydrogen-bond acceptors (Lipinski definition) is 1. The molecule has 0 spiro atoms. The van der Waals surface area contributed by atoms with Gasteiger partial charge >= 0.3 is 0 Å². The van der Waals surface area contributed by atoms with E-state index in [-0.39, 0.29) is 6.04 Å². The third-order valence-corrected chi connectivity index (χ3v) is 3.41. The molecule has 0 bridgehead atoms. The van der Waals surface area contributed by atoms with Crippen molar-refractivity contribution >= 4 is 0 Å². The summed E-state index contributed by atoms with van der Waals surface area (Å²) in [4.78, 5) is 0. The van der Waals surface area contributed by atoms with Gasteiger partial charge in [0.15, 0.2) is 11.6 Å². The fraction of sp³-hybridized carbons (Fsp3) is 0.294. The van der Waals surface area contributed by atoms with Crippen molar-refractivity contribution in [1.29, 1.82) is 0 Å². The van der Waals surface area contributed by atoms with Crippen molar-refractivity contribution < 1.29 is 8.78 Å². The Hall–Kier alpha value is -1.74. The summed E-state index contributed by atoms with van der Waals surface area (Å²) in [5, 5.41) is 0. The van der Waals surface area contributed by atoms with Crippen LogP contribution in [0.1, 0.15) is 23.1 Å². The van der Waals surface area contributed by atoms with E-state index in [9.17, 15) is 8.78 Å². The van der Waals surface area contributed by atoms with Crippen molar-refractivity contribution in [2.75, 3.05) is 0 Å². The van der Waals surface area contributed by atoms with Gasteiger partial charge in [-0.1, -0.05) is 35.9 Å². The summed E-state index contributed by atoms with van der Waals surface area (Å²) in [6.07, 6.45) is 2.27. The zero-order valence-corrected chi connectivity index (χ0v) is 11.6. The van der Waals surface area contributed by atoms with E-state index < -0.39 is 11.6 Å². The molecule has 0 aromatic heterocycles. The van der Waals surface area contributed by atoms with E-state index in [2.05, 4.69) is 31.2 Å². The van der Waals surface area contributed by atoms with E-state index >= 15 is 0 Å². The van der Waals surface area contributed by atoms with Gasteiger partial charge in [0, 0.05) is 6.04 Å².